The fraction of sp³-hybridized carbons (Fsp3) is 0.333. The molecule has 1 aromatic rings. The van der Waals surface area contributed by atoms with E-state index in [0.717, 1.165) is 16.9 Å². The van der Waals surface area contributed by atoms with E-state index in [-0.39, 0.29) is 11.8 Å². The number of anilines is 1. The number of hydrogen-bond donors (Lipinski definition) is 0. The molecule has 0 heterocycles. The summed E-state index contributed by atoms with van der Waals surface area (Å²) < 4.78 is 0. The molecular formula is C12H14ClNO2. The summed E-state index contributed by atoms with van der Waals surface area (Å²) in [5.74, 6) is -0.669. The highest BCUT2D eigenvalue weighted by molar-refractivity contribution is 6.35. The summed E-state index contributed by atoms with van der Waals surface area (Å²) >= 11 is 6.04. The third-order valence-corrected chi connectivity index (χ3v) is 2.59. The van der Waals surface area contributed by atoms with Gasteiger partial charge in [0.25, 0.3) is 0 Å². The Balaban J connectivity index is 3.20. The molecule has 86 valence electrons. The van der Waals surface area contributed by atoms with E-state index in [1.54, 1.807) is 12.1 Å². The molecule has 0 aromatic heterocycles. The maximum atomic E-state index is 11.3. The average Bonchev–Trinajstić information content (AvgIpc) is 2.19. The second kappa shape index (κ2) is 5.12. The molecule has 0 fully saturated rings. The Bertz CT molecular complexity index is 415. The minimum absolute atomic E-state index is 0.335. The summed E-state index contributed by atoms with van der Waals surface area (Å²) in [4.78, 5) is 23.7. The van der Waals surface area contributed by atoms with Crippen molar-refractivity contribution in [3.8, 4) is 0 Å². The number of carbonyl (C=O) groups is 2. The van der Waals surface area contributed by atoms with Gasteiger partial charge in [-0.05, 0) is 24.1 Å². The molecule has 0 radical (unpaired) electrons. The Morgan fingerprint density at radius 2 is 1.81 bits per heavy atom. The van der Waals surface area contributed by atoms with E-state index in [1.807, 2.05) is 13.0 Å². The van der Waals surface area contributed by atoms with Crippen LogP contribution in [0, 0.1) is 0 Å². The molecule has 0 aliphatic rings. The van der Waals surface area contributed by atoms with Gasteiger partial charge in [0.1, 0.15) is 0 Å². The van der Waals surface area contributed by atoms with Crippen molar-refractivity contribution in [2.75, 3.05) is 4.90 Å². The first-order chi connectivity index (χ1) is 7.47. The summed E-state index contributed by atoms with van der Waals surface area (Å²) in [6.07, 6.45) is 0.861. The second-order valence-corrected chi connectivity index (χ2v) is 3.92. The zero-order valence-electron chi connectivity index (χ0n) is 9.58. The third kappa shape index (κ3) is 2.61. The summed E-state index contributed by atoms with van der Waals surface area (Å²) in [6, 6.07) is 5.33. The Hall–Kier alpha value is -1.35. The molecule has 3 nitrogen and oxygen atoms in total. The Morgan fingerprint density at radius 1 is 1.25 bits per heavy atom. The maximum absolute atomic E-state index is 11.3. The molecule has 16 heavy (non-hydrogen) atoms. The van der Waals surface area contributed by atoms with Gasteiger partial charge in [-0.15, -0.1) is 0 Å². The van der Waals surface area contributed by atoms with Crippen LogP contribution in [0.4, 0.5) is 5.69 Å². The van der Waals surface area contributed by atoms with Gasteiger partial charge in [-0.1, -0.05) is 24.6 Å². The molecular weight excluding hydrogens is 226 g/mol. The fourth-order valence-corrected chi connectivity index (χ4v) is 1.80. The van der Waals surface area contributed by atoms with Crippen molar-refractivity contribution in [2.45, 2.75) is 27.2 Å². The van der Waals surface area contributed by atoms with Crippen LogP contribution in [0.2, 0.25) is 5.02 Å². The minimum Gasteiger partial charge on any atom is -0.274 e. The number of rotatable bonds is 2. The van der Waals surface area contributed by atoms with Crippen LogP contribution < -0.4 is 4.90 Å². The number of amides is 2. The van der Waals surface area contributed by atoms with E-state index >= 15 is 0 Å². The van der Waals surface area contributed by atoms with Crippen molar-refractivity contribution >= 4 is 29.1 Å². The molecule has 0 unspecified atom stereocenters. The highest BCUT2D eigenvalue weighted by atomic mass is 35.5. The highest BCUT2D eigenvalue weighted by Gasteiger charge is 2.18. The van der Waals surface area contributed by atoms with Crippen LogP contribution in [0.1, 0.15) is 26.3 Å². The van der Waals surface area contributed by atoms with E-state index in [2.05, 4.69) is 0 Å². The summed E-state index contributed by atoms with van der Waals surface area (Å²) in [7, 11) is 0. The van der Waals surface area contributed by atoms with Crippen molar-refractivity contribution in [1.82, 2.24) is 0 Å². The standard InChI is InChI=1S/C12H14ClNO2/c1-4-10-5-6-12(11(13)7-10)14(8(2)15)9(3)16/h5-7H,4H2,1-3H3. The number of benzene rings is 1. The molecule has 0 aliphatic heterocycles. The van der Waals surface area contributed by atoms with Gasteiger partial charge in [0.2, 0.25) is 11.8 Å². The summed E-state index contributed by atoms with van der Waals surface area (Å²) in [5.41, 5.74) is 1.51. The zero-order valence-corrected chi connectivity index (χ0v) is 10.3. The van der Waals surface area contributed by atoms with Gasteiger partial charge in [-0.2, -0.15) is 0 Å². The Morgan fingerprint density at radius 3 is 2.19 bits per heavy atom. The number of hydrogen-bond acceptors (Lipinski definition) is 2. The molecule has 0 spiro atoms. The van der Waals surface area contributed by atoms with Crippen LogP contribution in [0.25, 0.3) is 0 Å². The predicted molar refractivity (Wildman–Crippen MR) is 64.7 cm³/mol. The quantitative estimate of drug-likeness (QED) is 0.796. The third-order valence-electron chi connectivity index (χ3n) is 2.29. The van der Waals surface area contributed by atoms with Crippen LogP contribution in [-0.2, 0) is 16.0 Å². The van der Waals surface area contributed by atoms with Crippen LogP contribution in [-0.4, -0.2) is 11.8 Å². The van der Waals surface area contributed by atoms with E-state index in [0.29, 0.717) is 10.7 Å². The molecule has 2 amide bonds. The number of halogens is 1. The van der Waals surface area contributed by atoms with E-state index in [9.17, 15) is 9.59 Å². The van der Waals surface area contributed by atoms with Crippen LogP contribution in [0.5, 0.6) is 0 Å². The summed E-state index contributed by atoms with van der Waals surface area (Å²) in [5, 5.41) is 0.421. The van der Waals surface area contributed by atoms with Gasteiger partial charge in [-0.25, -0.2) is 4.90 Å². The summed E-state index contributed by atoms with van der Waals surface area (Å²) in [6.45, 7) is 4.69. The molecule has 4 heteroatoms. The molecule has 0 saturated carbocycles. The van der Waals surface area contributed by atoms with Gasteiger partial charge in [-0.3, -0.25) is 9.59 Å². The smallest absolute Gasteiger partial charge is 0.230 e. The lowest BCUT2D eigenvalue weighted by Crippen LogP contribution is -2.33. The van der Waals surface area contributed by atoms with Crippen LogP contribution >= 0.6 is 11.6 Å². The van der Waals surface area contributed by atoms with Crippen molar-refractivity contribution < 1.29 is 9.59 Å². The van der Waals surface area contributed by atoms with Crippen molar-refractivity contribution in [3.63, 3.8) is 0 Å². The van der Waals surface area contributed by atoms with Gasteiger partial charge < -0.3 is 0 Å². The second-order valence-electron chi connectivity index (χ2n) is 3.51. The highest BCUT2D eigenvalue weighted by Crippen LogP contribution is 2.27. The fourth-order valence-electron chi connectivity index (χ4n) is 1.51. The lowest BCUT2D eigenvalue weighted by Gasteiger charge is -2.18. The minimum atomic E-state index is -0.335. The van der Waals surface area contributed by atoms with Crippen molar-refractivity contribution in [3.05, 3.63) is 28.8 Å². The average molecular weight is 240 g/mol. The molecule has 0 atom stereocenters. The Labute approximate surface area is 100 Å². The van der Waals surface area contributed by atoms with Gasteiger partial charge in [0.05, 0.1) is 10.7 Å². The SMILES string of the molecule is CCc1ccc(N(C(C)=O)C(C)=O)c(Cl)c1. The lowest BCUT2D eigenvalue weighted by molar-refractivity contribution is -0.124. The van der Waals surface area contributed by atoms with E-state index in [1.165, 1.54) is 13.8 Å². The van der Waals surface area contributed by atoms with E-state index in [4.69, 9.17) is 11.6 Å². The van der Waals surface area contributed by atoms with E-state index < -0.39 is 0 Å². The molecule has 1 aromatic carbocycles. The molecule has 1 rings (SSSR count). The van der Waals surface area contributed by atoms with Gasteiger partial charge >= 0.3 is 0 Å². The van der Waals surface area contributed by atoms with Crippen LogP contribution in [0.15, 0.2) is 18.2 Å². The lowest BCUT2D eigenvalue weighted by atomic mass is 10.1. The number of nitrogens with zero attached hydrogens (tertiary/aromatic N) is 1. The predicted octanol–water partition coefficient (Wildman–Crippen LogP) is 2.80. The monoisotopic (exact) mass is 239 g/mol. The molecule has 0 bridgehead atoms. The first kappa shape index (κ1) is 12.7. The molecule has 0 aliphatic carbocycles. The molecule has 0 saturated heterocycles. The topological polar surface area (TPSA) is 37.4 Å². The Kier molecular flexibility index (Phi) is 4.07. The first-order valence-electron chi connectivity index (χ1n) is 5.07. The zero-order chi connectivity index (χ0) is 12.3. The number of imide groups is 1. The largest absolute Gasteiger partial charge is 0.274 e. The number of carbonyl (C=O) groups excluding carboxylic acids is 2. The van der Waals surface area contributed by atoms with Crippen molar-refractivity contribution in [1.29, 1.82) is 0 Å². The molecule has 0 N–H and O–H groups in total. The van der Waals surface area contributed by atoms with Gasteiger partial charge in [0, 0.05) is 13.8 Å². The van der Waals surface area contributed by atoms with Crippen LogP contribution in [0.3, 0.4) is 0 Å². The van der Waals surface area contributed by atoms with Crippen molar-refractivity contribution in [2.24, 2.45) is 0 Å². The number of aryl methyl sites for hydroxylation is 1. The normalized spacial score (nSPS) is 10.0. The maximum Gasteiger partial charge on any atom is 0.230 e. The first-order valence-corrected chi connectivity index (χ1v) is 5.44. The van der Waals surface area contributed by atoms with Gasteiger partial charge in [0.15, 0.2) is 0 Å².